The van der Waals surface area contributed by atoms with Crippen LogP contribution in [0.3, 0.4) is 0 Å². The van der Waals surface area contributed by atoms with Gasteiger partial charge in [-0.1, -0.05) is 61.8 Å². The highest BCUT2D eigenvalue weighted by atomic mass is 35.5. The number of hydrogen-bond donors (Lipinski definition) is 1. The third kappa shape index (κ3) is 4.61. The molecule has 0 radical (unpaired) electrons. The first-order chi connectivity index (χ1) is 10.1. The third-order valence-corrected chi connectivity index (χ3v) is 3.61. The molecule has 0 amide bonds. The Balaban J connectivity index is 2.22. The summed E-state index contributed by atoms with van der Waals surface area (Å²) in [5, 5.41) is 5.33. The van der Waals surface area contributed by atoms with E-state index in [4.69, 9.17) is 11.6 Å². The average Bonchev–Trinajstić information content (AvgIpc) is 2.47. The molecule has 2 rings (SSSR count). The highest BCUT2D eigenvalue weighted by Crippen LogP contribution is 2.20. The van der Waals surface area contributed by atoms with E-state index in [2.05, 4.69) is 36.5 Å². The molecule has 0 aromatic heterocycles. The van der Waals surface area contributed by atoms with E-state index in [1.165, 1.54) is 0 Å². The molecule has 0 aliphatic carbocycles. The second kappa shape index (κ2) is 7.28. The maximum absolute atomic E-state index is 6.14. The van der Waals surface area contributed by atoms with Crippen LogP contribution < -0.4 is 5.43 Å². The van der Waals surface area contributed by atoms with Crippen molar-refractivity contribution in [1.29, 1.82) is 0 Å². The Hall–Kier alpha value is -1.80. The SMILES string of the molecule is Cc1ccc(N/N=C(/CC(C)C)c2ccccc2)cc1Cl. The number of nitrogens with zero attached hydrogens (tertiary/aromatic N) is 1. The molecule has 1 N–H and O–H groups in total. The van der Waals surface area contributed by atoms with E-state index >= 15 is 0 Å². The minimum absolute atomic E-state index is 0.548. The Kier molecular flexibility index (Phi) is 5.40. The number of hydrazone groups is 1. The van der Waals surface area contributed by atoms with Gasteiger partial charge in [0, 0.05) is 5.02 Å². The summed E-state index contributed by atoms with van der Waals surface area (Å²) in [4.78, 5) is 0. The number of halogens is 1. The van der Waals surface area contributed by atoms with Gasteiger partial charge in [0.1, 0.15) is 0 Å². The van der Waals surface area contributed by atoms with Gasteiger partial charge in [-0.25, -0.2) is 0 Å². The summed E-state index contributed by atoms with van der Waals surface area (Å²) in [6.07, 6.45) is 0.927. The average molecular weight is 301 g/mol. The highest BCUT2D eigenvalue weighted by molar-refractivity contribution is 6.31. The van der Waals surface area contributed by atoms with Gasteiger partial charge >= 0.3 is 0 Å². The van der Waals surface area contributed by atoms with Crippen molar-refractivity contribution < 1.29 is 0 Å². The van der Waals surface area contributed by atoms with Gasteiger partial charge in [0.2, 0.25) is 0 Å². The van der Waals surface area contributed by atoms with E-state index in [0.717, 1.165) is 34.0 Å². The van der Waals surface area contributed by atoms with Crippen LogP contribution in [0, 0.1) is 12.8 Å². The maximum atomic E-state index is 6.14. The molecule has 3 heteroatoms. The van der Waals surface area contributed by atoms with Gasteiger partial charge < -0.3 is 0 Å². The lowest BCUT2D eigenvalue weighted by molar-refractivity contribution is 0.683. The first-order valence-electron chi connectivity index (χ1n) is 7.20. The number of hydrogen-bond acceptors (Lipinski definition) is 2. The monoisotopic (exact) mass is 300 g/mol. The number of anilines is 1. The number of nitrogens with one attached hydrogen (secondary N) is 1. The molecule has 0 unspecified atom stereocenters. The Morgan fingerprint density at radius 3 is 2.48 bits per heavy atom. The quantitative estimate of drug-likeness (QED) is 0.571. The lowest BCUT2D eigenvalue weighted by Gasteiger charge is -2.11. The van der Waals surface area contributed by atoms with Crippen LogP contribution in [0.1, 0.15) is 31.4 Å². The fourth-order valence-electron chi connectivity index (χ4n) is 2.04. The lowest BCUT2D eigenvalue weighted by Crippen LogP contribution is -2.08. The summed E-state index contributed by atoms with van der Waals surface area (Å²) in [5.74, 6) is 0.548. The third-order valence-electron chi connectivity index (χ3n) is 3.20. The van der Waals surface area contributed by atoms with Crippen molar-refractivity contribution >= 4 is 23.0 Å². The molecule has 0 saturated heterocycles. The molecule has 0 saturated carbocycles. The van der Waals surface area contributed by atoms with Crippen LogP contribution in [0.25, 0.3) is 0 Å². The Labute approximate surface area is 131 Å². The molecule has 2 aromatic carbocycles. The van der Waals surface area contributed by atoms with Crippen LogP contribution in [0.2, 0.25) is 5.02 Å². The van der Waals surface area contributed by atoms with Gasteiger partial charge in [0.15, 0.2) is 0 Å². The van der Waals surface area contributed by atoms with E-state index in [9.17, 15) is 0 Å². The largest absolute Gasteiger partial charge is 0.278 e. The zero-order chi connectivity index (χ0) is 15.2. The first-order valence-corrected chi connectivity index (χ1v) is 7.58. The van der Waals surface area contributed by atoms with Crippen LogP contribution in [-0.4, -0.2) is 5.71 Å². The lowest BCUT2D eigenvalue weighted by atomic mass is 10.0. The molecular weight excluding hydrogens is 280 g/mol. The van der Waals surface area contributed by atoms with Gasteiger partial charge in [-0.15, -0.1) is 0 Å². The summed E-state index contributed by atoms with van der Waals surface area (Å²) >= 11 is 6.14. The Morgan fingerprint density at radius 1 is 1.14 bits per heavy atom. The van der Waals surface area contributed by atoms with Gasteiger partial charge in [0.05, 0.1) is 11.4 Å². The molecule has 0 bridgehead atoms. The summed E-state index contributed by atoms with van der Waals surface area (Å²) in [5.41, 5.74) is 7.30. The van der Waals surface area contributed by atoms with Crippen molar-refractivity contribution in [1.82, 2.24) is 0 Å². The molecule has 0 atom stereocenters. The minimum atomic E-state index is 0.548. The summed E-state index contributed by atoms with van der Waals surface area (Å²) in [6, 6.07) is 16.1. The number of benzene rings is 2. The van der Waals surface area contributed by atoms with Crippen molar-refractivity contribution in [3.63, 3.8) is 0 Å². The van der Waals surface area contributed by atoms with E-state index in [-0.39, 0.29) is 0 Å². The second-order valence-electron chi connectivity index (χ2n) is 5.60. The van der Waals surface area contributed by atoms with Crippen LogP contribution in [0.5, 0.6) is 0 Å². The minimum Gasteiger partial charge on any atom is -0.278 e. The molecule has 0 heterocycles. The fraction of sp³-hybridized carbons (Fsp3) is 0.278. The van der Waals surface area contributed by atoms with Crippen molar-refractivity contribution in [2.45, 2.75) is 27.2 Å². The molecule has 2 aromatic rings. The van der Waals surface area contributed by atoms with Crippen LogP contribution in [-0.2, 0) is 0 Å². The van der Waals surface area contributed by atoms with Gasteiger partial charge in [-0.2, -0.15) is 5.10 Å². The predicted molar refractivity (Wildman–Crippen MR) is 92.2 cm³/mol. The van der Waals surface area contributed by atoms with Crippen LogP contribution in [0.15, 0.2) is 53.6 Å². The topological polar surface area (TPSA) is 24.4 Å². The van der Waals surface area contributed by atoms with Crippen LogP contribution in [0.4, 0.5) is 5.69 Å². The summed E-state index contributed by atoms with van der Waals surface area (Å²) in [6.45, 7) is 6.38. The maximum Gasteiger partial charge on any atom is 0.0681 e. The van der Waals surface area contributed by atoms with E-state index in [1.54, 1.807) is 0 Å². The van der Waals surface area contributed by atoms with Gasteiger partial charge in [-0.3, -0.25) is 5.43 Å². The van der Waals surface area contributed by atoms with Crippen molar-refractivity contribution in [3.05, 3.63) is 64.7 Å². The molecule has 110 valence electrons. The smallest absolute Gasteiger partial charge is 0.0681 e. The van der Waals surface area contributed by atoms with E-state index in [1.807, 2.05) is 43.3 Å². The number of aryl methyl sites for hydroxylation is 1. The molecule has 21 heavy (non-hydrogen) atoms. The molecular formula is C18H21ClN2. The second-order valence-corrected chi connectivity index (χ2v) is 6.01. The highest BCUT2D eigenvalue weighted by Gasteiger charge is 2.06. The van der Waals surface area contributed by atoms with E-state index < -0.39 is 0 Å². The number of rotatable bonds is 5. The first kappa shape index (κ1) is 15.6. The molecule has 0 aliphatic rings. The normalized spacial score (nSPS) is 11.8. The van der Waals surface area contributed by atoms with Crippen molar-refractivity contribution in [2.75, 3.05) is 5.43 Å². The Bertz CT molecular complexity index is 618. The molecule has 2 nitrogen and oxygen atoms in total. The van der Waals surface area contributed by atoms with E-state index in [0.29, 0.717) is 5.92 Å². The zero-order valence-corrected chi connectivity index (χ0v) is 13.5. The molecule has 0 fully saturated rings. The van der Waals surface area contributed by atoms with Crippen LogP contribution >= 0.6 is 11.6 Å². The zero-order valence-electron chi connectivity index (χ0n) is 12.7. The molecule has 0 aliphatic heterocycles. The van der Waals surface area contributed by atoms with Crippen molar-refractivity contribution in [2.24, 2.45) is 11.0 Å². The van der Waals surface area contributed by atoms with Gasteiger partial charge in [0.25, 0.3) is 0 Å². The molecule has 0 spiro atoms. The van der Waals surface area contributed by atoms with Gasteiger partial charge in [-0.05, 0) is 42.5 Å². The van der Waals surface area contributed by atoms with Crippen molar-refractivity contribution in [3.8, 4) is 0 Å². The fourth-order valence-corrected chi connectivity index (χ4v) is 2.22. The summed E-state index contributed by atoms with van der Waals surface area (Å²) < 4.78 is 0. The predicted octanol–water partition coefficient (Wildman–Crippen LogP) is 5.51. The Morgan fingerprint density at radius 2 is 1.86 bits per heavy atom. The summed E-state index contributed by atoms with van der Waals surface area (Å²) in [7, 11) is 0. The standard InChI is InChI=1S/C18H21ClN2/c1-13(2)11-18(15-7-5-4-6-8-15)21-20-16-10-9-14(3)17(19)12-16/h4-10,12-13,20H,11H2,1-3H3/b21-18-.